The first kappa shape index (κ1) is 17.6. The van der Waals surface area contributed by atoms with Crippen molar-refractivity contribution in [3.8, 4) is 0 Å². The van der Waals surface area contributed by atoms with Crippen molar-refractivity contribution in [2.24, 2.45) is 0 Å². The fourth-order valence-electron chi connectivity index (χ4n) is 2.31. The quantitative estimate of drug-likeness (QED) is 0.848. The number of hydrogen-bond acceptors (Lipinski definition) is 5. The van der Waals surface area contributed by atoms with Gasteiger partial charge in [-0.2, -0.15) is 11.8 Å². The molecule has 1 aromatic carbocycles. The molecule has 0 saturated heterocycles. The van der Waals surface area contributed by atoms with Crippen LogP contribution in [-0.4, -0.2) is 54.2 Å². The van der Waals surface area contributed by atoms with Gasteiger partial charge in [-0.05, 0) is 25.3 Å². The summed E-state index contributed by atoms with van der Waals surface area (Å²) < 4.78 is 0. The molecule has 0 fully saturated rings. The largest absolute Gasteiger partial charge is 0.387 e. The summed E-state index contributed by atoms with van der Waals surface area (Å²) in [4.78, 5) is 19.0. The maximum Gasteiger partial charge on any atom is 0.252 e. The van der Waals surface area contributed by atoms with E-state index in [0.29, 0.717) is 11.3 Å². The summed E-state index contributed by atoms with van der Waals surface area (Å²) in [6.07, 6.45) is 1.93. The number of carbonyl (C=O) groups is 1. The van der Waals surface area contributed by atoms with Crippen molar-refractivity contribution in [3.05, 3.63) is 35.9 Å². The Labute approximate surface area is 141 Å². The number of fused-ring (bicyclic) bond motifs is 1. The number of anilines is 1. The van der Waals surface area contributed by atoms with E-state index in [1.54, 1.807) is 24.8 Å². The maximum atomic E-state index is 12.6. The van der Waals surface area contributed by atoms with E-state index in [1.807, 2.05) is 49.5 Å². The predicted molar refractivity (Wildman–Crippen MR) is 97.4 cm³/mol. The molecule has 1 heterocycles. The number of nitrogens with zero attached hydrogens (tertiary/aromatic N) is 2. The van der Waals surface area contributed by atoms with Gasteiger partial charge < -0.3 is 15.3 Å². The first-order valence-corrected chi connectivity index (χ1v) is 8.80. The summed E-state index contributed by atoms with van der Waals surface area (Å²) >= 11 is 1.55. The SMILES string of the molecule is CSC[C@@](C)(O)CNC(=O)c1cc(N(C)C)nc2ccccc12. The second kappa shape index (κ2) is 7.19. The van der Waals surface area contributed by atoms with Crippen LogP contribution in [0.1, 0.15) is 17.3 Å². The van der Waals surface area contributed by atoms with Crippen molar-refractivity contribution in [1.29, 1.82) is 0 Å². The van der Waals surface area contributed by atoms with E-state index in [9.17, 15) is 9.90 Å². The standard InChI is InChI=1S/C17H23N3O2S/c1-17(22,11-23-4)10-18-16(21)13-9-15(20(2)3)19-14-8-6-5-7-12(13)14/h5-9,22H,10-11H2,1-4H3,(H,18,21)/t17-/m0/s1. The van der Waals surface area contributed by atoms with Crippen LogP contribution in [0.5, 0.6) is 0 Å². The van der Waals surface area contributed by atoms with Gasteiger partial charge in [-0.3, -0.25) is 4.79 Å². The summed E-state index contributed by atoms with van der Waals surface area (Å²) in [6.45, 7) is 1.93. The van der Waals surface area contributed by atoms with E-state index in [1.165, 1.54) is 0 Å². The zero-order chi connectivity index (χ0) is 17.0. The topological polar surface area (TPSA) is 65.5 Å². The highest BCUT2D eigenvalue weighted by atomic mass is 32.2. The minimum absolute atomic E-state index is 0.201. The van der Waals surface area contributed by atoms with Gasteiger partial charge in [-0.25, -0.2) is 4.98 Å². The molecule has 1 amide bonds. The highest BCUT2D eigenvalue weighted by molar-refractivity contribution is 7.98. The summed E-state index contributed by atoms with van der Waals surface area (Å²) in [7, 11) is 3.78. The Balaban J connectivity index is 2.32. The molecule has 0 saturated carbocycles. The molecule has 5 nitrogen and oxygen atoms in total. The number of para-hydroxylation sites is 1. The maximum absolute atomic E-state index is 12.6. The van der Waals surface area contributed by atoms with Gasteiger partial charge >= 0.3 is 0 Å². The Morgan fingerprint density at radius 2 is 2.09 bits per heavy atom. The van der Waals surface area contributed by atoms with Crippen molar-refractivity contribution in [2.45, 2.75) is 12.5 Å². The normalized spacial score (nSPS) is 13.6. The molecule has 23 heavy (non-hydrogen) atoms. The van der Waals surface area contributed by atoms with Crippen molar-refractivity contribution in [3.63, 3.8) is 0 Å². The Kier molecular flexibility index (Phi) is 5.49. The first-order valence-electron chi connectivity index (χ1n) is 7.41. The smallest absolute Gasteiger partial charge is 0.252 e. The molecule has 124 valence electrons. The predicted octanol–water partition coefficient (Wildman–Crippen LogP) is 2.14. The van der Waals surface area contributed by atoms with Crippen LogP contribution in [0, 0.1) is 0 Å². The number of hydrogen-bond donors (Lipinski definition) is 2. The van der Waals surface area contributed by atoms with Gasteiger partial charge in [-0.1, -0.05) is 18.2 Å². The van der Waals surface area contributed by atoms with Crippen molar-refractivity contribution >= 4 is 34.4 Å². The third-order valence-electron chi connectivity index (χ3n) is 3.49. The minimum Gasteiger partial charge on any atom is -0.387 e. The lowest BCUT2D eigenvalue weighted by Crippen LogP contribution is -2.42. The summed E-state index contributed by atoms with van der Waals surface area (Å²) in [5, 5.41) is 13.8. The molecule has 1 aromatic heterocycles. The molecule has 0 aliphatic heterocycles. The zero-order valence-corrected chi connectivity index (χ0v) is 14.8. The van der Waals surface area contributed by atoms with E-state index >= 15 is 0 Å². The minimum atomic E-state index is -0.928. The fraction of sp³-hybridized carbons (Fsp3) is 0.412. The van der Waals surface area contributed by atoms with Gasteiger partial charge in [0.1, 0.15) is 5.82 Å². The van der Waals surface area contributed by atoms with Gasteiger partial charge in [0.2, 0.25) is 0 Å². The number of benzene rings is 1. The number of amides is 1. The number of carbonyl (C=O) groups excluding carboxylic acids is 1. The van der Waals surface area contributed by atoms with E-state index in [4.69, 9.17) is 0 Å². The molecule has 0 aliphatic carbocycles. The molecule has 2 aromatic rings. The Morgan fingerprint density at radius 1 is 1.39 bits per heavy atom. The van der Waals surface area contributed by atoms with Crippen LogP contribution in [0.25, 0.3) is 10.9 Å². The van der Waals surface area contributed by atoms with Gasteiger partial charge in [0.25, 0.3) is 5.91 Å². The van der Waals surface area contributed by atoms with E-state index in [0.717, 1.165) is 16.7 Å². The van der Waals surface area contributed by atoms with Crippen LogP contribution in [0.15, 0.2) is 30.3 Å². The summed E-state index contributed by atoms with van der Waals surface area (Å²) in [6, 6.07) is 9.35. The van der Waals surface area contributed by atoms with Gasteiger partial charge in [-0.15, -0.1) is 0 Å². The molecular formula is C17H23N3O2S. The second-order valence-corrected chi connectivity index (χ2v) is 6.92. The Hall–Kier alpha value is -1.79. The lowest BCUT2D eigenvalue weighted by atomic mass is 10.1. The fourth-order valence-corrected chi connectivity index (χ4v) is 3.03. The summed E-state index contributed by atoms with van der Waals surface area (Å²) in [5.74, 6) is 1.09. The number of nitrogens with one attached hydrogen (secondary N) is 1. The molecule has 0 radical (unpaired) electrons. The molecule has 0 spiro atoms. The van der Waals surface area contributed by atoms with E-state index < -0.39 is 5.60 Å². The average molecular weight is 333 g/mol. The molecule has 0 bridgehead atoms. The molecule has 2 N–H and O–H groups in total. The van der Waals surface area contributed by atoms with Gasteiger partial charge in [0.05, 0.1) is 16.7 Å². The lowest BCUT2D eigenvalue weighted by Gasteiger charge is -2.23. The number of thioether (sulfide) groups is 1. The second-order valence-electron chi connectivity index (χ2n) is 6.05. The molecule has 2 rings (SSSR count). The number of rotatable bonds is 6. The molecular weight excluding hydrogens is 310 g/mol. The number of pyridine rings is 1. The van der Waals surface area contributed by atoms with E-state index in [-0.39, 0.29) is 12.5 Å². The Bertz CT molecular complexity index is 701. The lowest BCUT2D eigenvalue weighted by molar-refractivity contribution is 0.0726. The van der Waals surface area contributed by atoms with Gasteiger partial charge in [0, 0.05) is 31.8 Å². The third-order valence-corrected chi connectivity index (χ3v) is 4.40. The van der Waals surface area contributed by atoms with Crippen LogP contribution in [0.4, 0.5) is 5.82 Å². The molecule has 0 unspecified atom stereocenters. The van der Waals surface area contributed by atoms with Crippen LogP contribution in [0.3, 0.4) is 0 Å². The van der Waals surface area contributed by atoms with Crippen LogP contribution in [0.2, 0.25) is 0 Å². The summed E-state index contributed by atoms with van der Waals surface area (Å²) in [5.41, 5.74) is 0.418. The highest BCUT2D eigenvalue weighted by Crippen LogP contribution is 2.22. The monoisotopic (exact) mass is 333 g/mol. The molecule has 1 atom stereocenters. The van der Waals surface area contributed by atoms with Crippen molar-refractivity contribution in [1.82, 2.24) is 10.3 Å². The molecule has 0 aliphatic rings. The van der Waals surface area contributed by atoms with Crippen molar-refractivity contribution in [2.75, 3.05) is 37.5 Å². The van der Waals surface area contributed by atoms with Crippen LogP contribution >= 0.6 is 11.8 Å². The van der Waals surface area contributed by atoms with Gasteiger partial charge in [0.15, 0.2) is 0 Å². The van der Waals surface area contributed by atoms with Crippen molar-refractivity contribution < 1.29 is 9.90 Å². The first-order chi connectivity index (χ1) is 10.8. The molecule has 6 heteroatoms. The highest BCUT2D eigenvalue weighted by Gasteiger charge is 2.22. The zero-order valence-electron chi connectivity index (χ0n) is 14.0. The average Bonchev–Trinajstić information content (AvgIpc) is 2.51. The third kappa shape index (κ3) is 4.36. The number of aromatic nitrogens is 1. The van der Waals surface area contributed by atoms with Crippen LogP contribution < -0.4 is 10.2 Å². The van der Waals surface area contributed by atoms with Crippen LogP contribution in [-0.2, 0) is 0 Å². The number of aliphatic hydroxyl groups is 1. The van der Waals surface area contributed by atoms with E-state index in [2.05, 4.69) is 10.3 Å². The Morgan fingerprint density at radius 3 is 2.74 bits per heavy atom.